The largest absolute Gasteiger partial charge is 0.434 e. The lowest BCUT2D eigenvalue weighted by Gasteiger charge is -1.98. The Hall–Kier alpha value is -1.56. The molecule has 1 aliphatic heterocycles. The predicted molar refractivity (Wildman–Crippen MR) is 67.8 cm³/mol. The molecule has 0 bridgehead atoms. The van der Waals surface area contributed by atoms with Crippen LogP contribution in [0.5, 0.6) is 5.75 Å². The number of ether oxygens (including phenoxy) is 1. The summed E-state index contributed by atoms with van der Waals surface area (Å²) in [4.78, 5) is 9.84. The second-order valence-electron chi connectivity index (χ2n) is 3.14. The van der Waals surface area contributed by atoms with Gasteiger partial charge in [-0.25, -0.2) is 0 Å². The molecule has 5 nitrogen and oxygen atoms in total. The minimum absolute atomic E-state index is 0.314. The summed E-state index contributed by atoms with van der Waals surface area (Å²) in [7, 11) is 1.48. The molecule has 90 valence electrons. The maximum Gasteiger partial charge on any atom is 0.286 e. The molecule has 1 heterocycles. The molecule has 0 unspecified atom stereocenters. The third-order valence-corrected chi connectivity index (χ3v) is 2.37. The Morgan fingerprint density at radius 1 is 1.29 bits per heavy atom. The molecular formula is C11H11BrN2O3. The van der Waals surface area contributed by atoms with E-state index in [-0.39, 0.29) is 0 Å². The van der Waals surface area contributed by atoms with Crippen molar-refractivity contribution in [1.29, 1.82) is 0 Å². The Labute approximate surface area is 107 Å². The summed E-state index contributed by atoms with van der Waals surface area (Å²) in [5.41, 5.74) is 1.38. The SMILES string of the molecule is CO/N=C1/C(=N\OCCBr)Oc2ccccc21. The van der Waals surface area contributed by atoms with Crippen molar-refractivity contribution in [1.82, 2.24) is 0 Å². The Morgan fingerprint density at radius 3 is 2.88 bits per heavy atom. The maximum atomic E-state index is 5.52. The van der Waals surface area contributed by atoms with Crippen LogP contribution in [0.2, 0.25) is 0 Å². The van der Waals surface area contributed by atoms with Crippen LogP contribution in [-0.2, 0) is 9.68 Å². The maximum absolute atomic E-state index is 5.52. The van der Waals surface area contributed by atoms with Gasteiger partial charge in [0.05, 0.1) is 5.56 Å². The number of hydrogen-bond acceptors (Lipinski definition) is 5. The predicted octanol–water partition coefficient (Wildman–Crippen LogP) is 2.15. The first-order valence-corrected chi connectivity index (χ1v) is 6.13. The van der Waals surface area contributed by atoms with Crippen LogP contribution in [0.1, 0.15) is 5.56 Å². The van der Waals surface area contributed by atoms with Crippen LogP contribution in [0, 0.1) is 0 Å². The molecule has 0 aromatic heterocycles. The summed E-state index contributed by atoms with van der Waals surface area (Å²) >= 11 is 3.24. The minimum atomic E-state index is 0.314. The molecule has 0 atom stereocenters. The van der Waals surface area contributed by atoms with Crippen LogP contribution in [0.15, 0.2) is 34.6 Å². The molecule has 0 saturated carbocycles. The summed E-state index contributed by atoms with van der Waals surface area (Å²) in [6.07, 6.45) is 0. The summed E-state index contributed by atoms with van der Waals surface area (Å²) in [5.74, 6) is 1.01. The normalized spacial score (nSPS) is 18.0. The van der Waals surface area contributed by atoms with Crippen LogP contribution >= 0.6 is 15.9 Å². The number of fused-ring (bicyclic) bond motifs is 1. The zero-order valence-electron chi connectivity index (χ0n) is 9.22. The lowest BCUT2D eigenvalue weighted by Crippen LogP contribution is -2.14. The summed E-state index contributed by atoms with van der Waals surface area (Å²) in [6.45, 7) is 0.462. The summed E-state index contributed by atoms with van der Waals surface area (Å²) in [6, 6.07) is 7.51. The Bertz CT molecular complexity index is 460. The van der Waals surface area contributed by atoms with Crippen molar-refractivity contribution in [2.75, 3.05) is 19.0 Å². The molecule has 0 spiro atoms. The lowest BCUT2D eigenvalue weighted by molar-refractivity contribution is 0.157. The molecule has 0 amide bonds. The van der Waals surface area contributed by atoms with Gasteiger partial charge in [-0.05, 0) is 17.3 Å². The number of halogens is 1. The first-order valence-electron chi connectivity index (χ1n) is 5.01. The van der Waals surface area contributed by atoms with Crippen molar-refractivity contribution in [3.8, 4) is 5.75 Å². The first-order chi connectivity index (χ1) is 8.36. The topological polar surface area (TPSA) is 52.4 Å². The number of nitrogens with zero attached hydrogens (tertiary/aromatic N) is 2. The van der Waals surface area contributed by atoms with Crippen LogP contribution in [0.3, 0.4) is 0 Å². The fourth-order valence-electron chi connectivity index (χ4n) is 1.40. The van der Waals surface area contributed by atoms with Crippen molar-refractivity contribution in [2.45, 2.75) is 0 Å². The minimum Gasteiger partial charge on any atom is -0.434 e. The second kappa shape index (κ2) is 5.67. The van der Waals surface area contributed by atoms with Gasteiger partial charge in [-0.15, -0.1) is 0 Å². The number of rotatable bonds is 4. The molecule has 1 aromatic rings. The fraction of sp³-hybridized carbons (Fsp3) is 0.273. The number of benzene rings is 1. The number of alkyl halides is 1. The third-order valence-electron chi connectivity index (χ3n) is 2.05. The molecule has 0 fully saturated rings. The van der Waals surface area contributed by atoms with E-state index in [0.717, 1.165) is 5.56 Å². The van der Waals surface area contributed by atoms with Crippen LogP contribution in [0.4, 0.5) is 0 Å². The highest BCUT2D eigenvalue weighted by Crippen LogP contribution is 2.26. The van der Waals surface area contributed by atoms with E-state index in [0.29, 0.717) is 29.3 Å². The van der Waals surface area contributed by atoms with E-state index in [1.807, 2.05) is 24.3 Å². The van der Waals surface area contributed by atoms with Crippen LogP contribution in [0.25, 0.3) is 0 Å². The van der Waals surface area contributed by atoms with Gasteiger partial charge in [-0.3, -0.25) is 0 Å². The molecule has 0 saturated heterocycles. The van der Waals surface area contributed by atoms with E-state index >= 15 is 0 Å². The molecule has 2 rings (SSSR count). The monoisotopic (exact) mass is 298 g/mol. The van der Waals surface area contributed by atoms with Crippen molar-refractivity contribution in [3.63, 3.8) is 0 Å². The van der Waals surface area contributed by atoms with Gasteiger partial charge in [0, 0.05) is 5.33 Å². The summed E-state index contributed by atoms with van der Waals surface area (Å²) in [5, 5.41) is 8.48. The van der Waals surface area contributed by atoms with Crippen LogP contribution in [-0.4, -0.2) is 30.7 Å². The van der Waals surface area contributed by atoms with Crippen molar-refractivity contribution in [3.05, 3.63) is 29.8 Å². The number of oxime groups is 2. The third kappa shape index (κ3) is 2.58. The van der Waals surface area contributed by atoms with E-state index in [1.54, 1.807) is 0 Å². The molecule has 0 aliphatic carbocycles. The molecule has 1 aromatic carbocycles. The smallest absolute Gasteiger partial charge is 0.286 e. The van der Waals surface area contributed by atoms with E-state index in [4.69, 9.17) is 14.4 Å². The van der Waals surface area contributed by atoms with Gasteiger partial charge in [0.25, 0.3) is 5.90 Å². The van der Waals surface area contributed by atoms with Gasteiger partial charge < -0.3 is 14.4 Å². The second-order valence-corrected chi connectivity index (χ2v) is 3.93. The van der Waals surface area contributed by atoms with E-state index in [2.05, 4.69) is 26.2 Å². The van der Waals surface area contributed by atoms with Gasteiger partial charge >= 0.3 is 0 Å². The number of para-hydroxylation sites is 1. The molecule has 17 heavy (non-hydrogen) atoms. The van der Waals surface area contributed by atoms with Gasteiger partial charge in [0.15, 0.2) is 5.71 Å². The number of hydrogen-bond donors (Lipinski definition) is 0. The Morgan fingerprint density at radius 2 is 2.12 bits per heavy atom. The molecule has 6 heteroatoms. The Balaban J connectivity index is 2.27. The molecule has 0 N–H and O–H groups in total. The van der Waals surface area contributed by atoms with Gasteiger partial charge in [0.1, 0.15) is 19.5 Å². The molecular weight excluding hydrogens is 288 g/mol. The van der Waals surface area contributed by atoms with E-state index < -0.39 is 0 Å². The fourth-order valence-corrected chi connectivity index (χ4v) is 1.54. The van der Waals surface area contributed by atoms with Crippen LogP contribution < -0.4 is 4.74 Å². The highest BCUT2D eigenvalue weighted by atomic mass is 79.9. The first kappa shape index (κ1) is 11.9. The molecule has 0 radical (unpaired) electrons. The standard InChI is InChI=1S/C11H11BrN2O3/c1-15-13-10-8-4-2-3-5-9(8)17-11(10)14-16-7-6-12/h2-5H,6-7H2,1H3/b13-10+,14-11+. The van der Waals surface area contributed by atoms with Gasteiger partial charge in [-0.2, -0.15) is 0 Å². The highest BCUT2D eigenvalue weighted by Gasteiger charge is 2.28. The Kier molecular flexibility index (Phi) is 3.98. The zero-order valence-corrected chi connectivity index (χ0v) is 10.8. The summed E-state index contributed by atoms with van der Waals surface area (Å²) < 4.78 is 5.52. The van der Waals surface area contributed by atoms with E-state index in [1.165, 1.54) is 7.11 Å². The molecule has 1 aliphatic rings. The average Bonchev–Trinajstić information content (AvgIpc) is 2.69. The lowest BCUT2D eigenvalue weighted by atomic mass is 10.1. The van der Waals surface area contributed by atoms with E-state index in [9.17, 15) is 0 Å². The van der Waals surface area contributed by atoms with Crippen molar-refractivity contribution in [2.24, 2.45) is 10.3 Å². The quantitative estimate of drug-likeness (QED) is 0.486. The zero-order chi connectivity index (χ0) is 12.1. The van der Waals surface area contributed by atoms with Gasteiger partial charge in [-0.1, -0.05) is 33.2 Å². The van der Waals surface area contributed by atoms with Crippen molar-refractivity contribution >= 4 is 27.5 Å². The average molecular weight is 299 g/mol. The highest BCUT2D eigenvalue weighted by molar-refractivity contribution is 9.09. The van der Waals surface area contributed by atoms with Gasteiger partial charge in [0.2, 0.25) is 0 Å². The van der Waals surface area contributed by atoms with Crippen molar-refractivity contribution < 1.29 is 14.4 Å².